The predicted molar refractivity (Wildman–Crippen MR) is 95.9 cm³/mol. The summed E-state index contributed by atoms with van der Waals surface area (Å²) in [6, 6.07) is 0. The molecule has 1 aliphatic rings. The first-order valence-corrected chi connectivity index (χ1v) is 9.55. The summed E-state index contributed by atoms with van der Waals surface area (Å²) >= 11 is 0. The van der Waals surface area contributed by atoms with Gasteiger partial charge in [0.25, 0.3) is 0 Å². The van der Waals surface area contributed by atoms with Gasteiger partial charge in [0, 0.05) is 0 Å². The molecule has 1 atom stereocenters. The van der Waals surface area contributed by atoms with Gasteiger partial charge in [-0.25, -0.2) is 0 Å². The van der Waals surface area contributed by atoms with Crippen LogP contribution in [-0.4, -0.2) is 12.7 Å². The van der Waals surface area contributed by atoms with Crippen molar-refractivity contribution in [3.8, 4) is 0 Å². The number of hydrogen-bond acceptors (Lipinski definition) is 1. The summed E-state index contributed by atoms with van der Waals surface area (Å²) in [6.45, 7) is 9.33. The molecule has 1 unspecified atom stereocenters. The number of rotatable bonds is 15. The van der Waals surface area contributed by atoms with Crippen molar-refractivity contribution >= 4 is 0 Å². The van der Waals surface area contributed by atoms with E-state index in [1.54, 1.807) is 0 Å². The fraction of sp³-hybridized carbons (Fsp3) is 0.900. The normalized spacial score (nSPS) is 16.3. The van der Waals surface area contributed by atoms with E-state index < -0.39 is 0 Å². The van der Waals surface area contributed by atoms with Crippen LogP contribution in [-0.2, 0) is 4.74 Å². The van der Waals surface area contributed by atoms with Gasteiger partial charge in [-0.3, -0.25) is 0 Å². The van der Waals surface area contributed by atoms with E-state index in [-0.39, 0.29) is 0 Å². The van der Waals surface area contributed by atoms with E-state index in [0.29, 0.717) is 6.10 Å². The molecule has 0 saturated carbocycles. The smallest absolute Gasteiger partial charge is 0.0810 e. The molecular weight excluding hydrogens is 256 g/mol. The SMILES string of the molecule is C=C.CCCCCCCCCCCCCCCCC1CO1. The summed E-state index contributed by atoms with van der Waals surface area (Å²) in [5.41, 5.74) is 0. The molecule has 1 fully saturated rings. The second kappa shape index (κ2) is 17.8. The summed E-state index contributed by atoms with van der Waals surface area (Å²) in [6.07, 6.45) is 22.3. The van der Waals surface area contributed by atoms with Gasteiger partial charge >= 0.3 is 0 Å². The maximum Gasteiger partial charge on any atom is 0.0810 e. The minimum absolute atomic E-state index is 0.650. The molecule has 1 heteroatoms. The van der Waals surface area contributed by atoms with Crippen LogP contribution in [0.15, 0.2) is 13.2 Å². The zero-order valence-corrected chi connectivity index (χ0v) is 14.7. The lowest BCUT2D eigenvalue weighted by Crippen LogP contribution is -1.86. The molecule has 1 saturated heterocycles. The van der Waals surface area contributed by atoms with Crippen molar-refractivity contribution in [3.63, 3.8) is 0 Å². The molecule has 1 rings (SSSR count). The Balaban J connectivity index is 0.00000191. The highest BCUT2D eigenvalue weighted by Gasteiger charge is 2.20. The first-order valence-electron chi connectivity index (χ1n) is 9.55. The fourth-order valence-electron chi connectivity index (χ4n) is 2.80. The minimum Gasteiger partial charge on any atom is -0.373 e. The number of epoxide rings is 1. The van der Waals surface area contributed by atoms with E-state index in [2.05, 4.69) is 20.1 Å². The van der Waals surface area contributed by atoms with Gasteiger partial charge in [0.2, 0.25) is 0 Å². The van der Waals surface area contributed by atoms with Gasteiger partial charge in [-0.05, 0) is 6.42 Å². The minimum atomic E-state index is 0.650. The molecular formula is C20H40O. The molecule has 0 aromatic carbocycles. The number of ether oxygens (including phenoxy) is 1. The number of unbranched alkanes of at least 4 members (excludes halogenated alkanes) is 13. The largest absolute Gasteiger partial charge is 0.373 e. The van der Waals surface area contributed by atoms with Gasteiger partial charge in [0.05, 0.1) is 12.7 Å². The zero-order chi connectivity index (χ0) is 15.6. The van der Waals surface area contributed by atoms with E-state index in [0.717, 1.165) is 6.61 Å². The highest BCUT2D eigenvalue weighted by molar-refractivity contribution is 4.68. The maximum absolute atomic E-state index is 5.22. The molecule has 0 amide bonds. The molecule has 0 radical (unpaired) electrons. The first-order chi connectivity index (χ1) is 10.4. The Morgan fingerprint density at radius 3 is 1.33 bits per heavy atom. The van der Waals surface area contributed by atoms with Crippen LogP contribution in [0, 0.1) is 0 Å². The second-order valence-electron chi connectivity index (χ2n) is 6.34. The topological polar surface area (TPSA) is 12.5 Å². The predicted octanol–water partition coefficient (Wildman–Crippen LogP) is 7.06. The Kier molecular flexibility index (Phi) is 17.5. The van der Waals surface area contributed by atoms with Crippen LogP contribution in [0.5, 0.6) is 0 Å². The van der Waals surface area contributed by atoms with Crippen molar-refractivity contribution < 1.29 is 4.74 Å². The second-order valence-corrected chi connectivity index (χ2v) is 6.34. The molecule has 0 spiro atoms. The molecule has 0 bridgehead atoms. The summed E-state index contributed by atoms with van der Waals surface area (Å²) < 4.78 is 5.22. The lowest BCUT2D eigenvalue weighted by Gasteiger charge is -2.03. The Labute approximate surface area is 134 Å². The molecule has 0 aliphatic carbocycles. The molecule has 0 N–H and O–H groups in total. The quantitative estimate of drug-likeness (QED) is 0.179. The van der Waals surface area contributed by atoms with Crippen LogP contribution in [0.3, 0.4) is 0 Å². The van der Waals surface area contributed by atoms with E-state index in [9.17, 15) is 0 Å². The third kappa shape index (κ3) is 17.6. The Morgan fingerprint density at radius 1 is 0.667 bits per heavy atom. The van der Waals surface area contributed by atoms with Gasteiger partial charge in [0.1, 0.15) is 0 Å². The van der Waals surface area contributed by atoms with Gasteiger partial charge < -0.3 is 4.74 Å². The van der Waals surface area contributed by atoms with Crippen molar-refractivity contribution in [3.05, 3.63) is 13.2 Å². The van der Waals surface area contributed by atoms with Gasteiger partial charge in [-0.15, -0.1) is 13.2 Å². The van der Waals surface area contributed by atoms with Crippen LogP contribution < -0.4 is 0 Å². The lowest BCUT2D eigenvalue weighted by molar-refractivity contribution is 0.387. The summed E-state index contributed by atoms with van der Waals surface area (Å²) in [5, 5.41) is 0. The Morgan fingerprint density at radius 2 is 1.00 bits per heavy atom. The third-order valence-electron chi connectivity index (χ3n) is 4.28. The zero-order valence-electron chi connectivity index (χ0n) is 14.7. The van der Waals surface area contributed by atoms with Gasteiger partial charge in [-0.1, -0.05) is 96.8 Å². The highest BCUT2D eigenvalue weighted by atomic mass is 16.6. The monoisotopic (exact) mass is 296 g/mol. The molecule has 126 valence electrons. The van der Waals surface area contributed by atoms with Crippen LogP contribution in [0.4, 0.5) is 0 Å². The molecule has 1 heterocycles. The fourth-order valence-corrected chi connectivity index (χ4v) is 2.80. The third-order valence-corrected chi connectivity index (χ3v) is 4.28. The summed E-state index contributed by atoms with van der Waals surface area (Å²) in [5.74, 6) is 0. The summed E-state index contributed by atoms with van der Waals surface area (Å²) in [4.78, 5) is 0. The summed E-state index contributed by atoms with van der Waals surface area (Å²) in [7, 11) is 0. The highest BCUT2D eigenvalue weighted by Crippen LogP contribution is 2.18. The van der Waals surface area contributed by atoms with E-state index >= 15 is 0 Å². The molecule has 0 aromatic rings. The average Bonchev–Trinajstić information content (AvgIpc) is 3.34. The molecule has 1 aliphatic heterocycles. The van der Waals surface area contributed by atoms with Crippen LogP contribution >= 0.6 is 0 Å². The Bertz CT molecular complexity index is 186. The van der Waals surface area contributed by atoms with Crippen molar-refractivity contribution in [2.75, 3.05) is 6.61 Å². The first kappa shape index (κ1) is 20.7. The van der Waals surface area contributed by atoms with E-state index in [1.165, 1.54) is 96.3 Å². The average molecular weight is 297 g/mol. The van der Waals surface area contributed by atoms with E-state index in [1.807, 2.05) is 0 Å². The molecule has 21 heavy (non-hydrogen) atoms. The van der Waals surface area contributed by atoms with Crippen LogP contribution in [0.2, 0.25) is 0 Å². The van der Waals surface area contributed by atoms with Crippen molar-refractivity contribution in [2.45, 2.75) is 109 Å². The van der Waals surface area contributed by atoms with Crippen molar-refractivity contribution in [1.82, 2.24) is 0 Å². The maximum atomic E-state index is 5.22. The standard InChI is InChI=1S/C18H36O.C2H4/c1-2-3-4-5-6-7-8-9-10-11-12-13-14-15-16-18-17-19-18;1-2/h18H,2-17H2,1H3;1-2H2. The van der Waals surface area contributed by atoms with Gasteiger partial charge in [-0.2, -0.15) is 0 Å². The van der Waals surface area contributed by atoms with Crippen molar-refractivity contribution in [2.24, 2.45) is 0 Å². The van der Waals surface area contributed by atoms with E-state index in [4.69, 9.17) is 4.74 Å². The molecule has 1 nitrogen and oxygen atoms in total. The van der Waals surface area contributed by atoms with Crippen LogP contribution in [0.25, 0.3) is 0 Å². The van der Waals surface area contributed by atoms with Crippen molar-refractivity contribution in [1.29, 1.82) is 0 Å². The Hall–Kier alpha value is -0.300. The van der Waals surface area contributed by atoms with Crippen LogP contribution in [0.1, 0.15) is 103 Å². The lowest BCUT2D eigenvalue weighted by atomic mass is 10.0. The van der Waals surface area contributed by atoms with Gasteiger partial charge in [0.15, 0.2) is 0 Å². The number of hydrogen-bond donors (Lipinski definition) is 0. The molecule has 0 aromatic heterocycles.